The van der Waals surface area contributed by atoms with E-state index >= 15 is 0 Å². The first kappa shape index (κ1) is 18.6. The van der Waals surface area contributed by atoms with Gasteiger partial charge in [0.2, 0.25) is 0 Å². The normalized spacial score (nSPS) is 15.5. The zero-order valence-electron chi connectivity index (χ0n) is 16.1. The fourth-order valence-corrected chi connectivity index (χ4v) is 4.06. The quantitative estimate of drug-likeness (QED) is 0.449. The summed E-state index contributed by atoms with van der Waals surface area (Å²) in [7, 11) is 0. The van der Waals surface area contributed by atoms with E-state index in [1.54, 1.807) is 35.2 Å². The van der Waals surface area contributed by atoms with Crippen molar-refractivity contribution in [2.75, 3.05) is 4.90 Å². The molecule has 1 N–H and O–H groups in total. The van der Waals surface area contributed by atoms with Crippen LogP contribution in [-0.4, -0.2) is 16.1 Å². The number of carbonyl (C=O) groups is 1. The van der Waals surface area contributed by atoms with E-state index in [4.69, 9.17) is 11.6 Å². The Labute approximate surface area is 177 Å². The highest BCUT2D eigenvalue weighted by Crippen LogP contribution is 2.45. The molecule has 0 saturated heterocycles. The molecule has 148 valence electrons. The number of nitrogens with zero attached hydrogens (tertiary/aromatic N) is 2. The lowest BCUT2D eigenvalue weighted by molar-refractivity contribution is 0.0988. The number of nitrogens with one attached hydrogen (secondary N) is 1. The zero-order chi connectivity index (χ0) is 20.8. The minimum absolute atomic E-state index is 0.241. The second kappa shape index (κ2) is 7.11. The van der Waals surface area contributed by atoms with Crippen LogP contribution in [0.2, 0.25) is 5.02 Å². The number of hydrogen-bond acceptors (Lipinski definition) is 2. The van der Waals surface area contributed by atoms with Gasteiger partial charge in [-0.2, -0.15) is 5.10 Å². The van der Waals surface area contributed by atoms with Gasteiger partial charge in [0.1, 0.15) is 11.5 Å². The van der Waals surface area contributed by atoms with Crippen LogP contribution in [0.25, 0.3) is 11.3 Å². The van der Waals surface area contributed by atoms with Crippen molar-refractivity contribution in [1.82, 2.24) is 10.2 Å². The number of amides is 1. The number of aryl methyl sites for hydroxylation is 1. The van der Waals surface area contributed by atoms with Crippen LogP contribution in [0.3, 0.4) is 0 Å². The molecular weight excluding hydrogens is 401 g/mol. The highest BCUT2D eigenvalue weighted by Gasteiger charge is 2.44. The molecule has 0 spiro atoms. The third kappa shape index (κ3) is 2.90. The minimum atomic E-state index is -0.638. The molecule has 1 amide bonds. The van der Waals surface area contributed by atoms with Gasteiger partial charge in [-0.05, 0) is 37.3 Å². The van der Waals surface area contributed by atoms with Gasteiger partial charge in [-0.25, -0.2) is 4.39 Å². The van der Waals surface area contributed by atoms with Crippen LogP contribution in [-0.2, 0) is 0 Å². The van der Waals surface area contributed by atoms with E-state index in [-0.39, 0.29) is 11.7 Å². The van der Waals surface area contributed by atoms with Crippen molar-refractivity contribution in [3.8, 4) is 11.3 Å². The molecule has 1 atom stereocenters. The summed E-state index contributed by atoms with van der Waals surface area (Å²) in [5.41, 5.74) is 4.64. The molecule has 0 saturated carbocycles. The minimum Gasteiger partial charge on any atom is -0.295 e. The average Bonchev–Trinajstić information content (AvgIpc) is 3.29. The van der Waals surface area contributed by atoms with Gasteiger partial charge in [-0.3, -0.25) is 14.8 Å². The molecule has 1 aromatic heterocycles. The topological polar surface area (TPSA) is 49.0 Å². The molecule has 6 heteroatoms. The Kier molecular flexibility index (Phi) is 4.40. The largest absolute Gasteiger partial charge is 0.295 e. The molecule has 2 heterocycles. The van der Waals surface area contributed by atoms with Crippen molar-refractivity contribution in [3.05, 3.63) is 106 Å². The van der Waals surface area contributed by atoms with E-state index in [2.05, 4.69) is 10.2 Å². The molecule has 0 radical (unpaired) electrons. The first-order valence-electron chi connectivity index (χ1n) is 9.53. The van der Waals surface area contributed by atoms with Crippen LogP contribution in [0.1, 0.15) is 33.2 Å². The van der Waals surface area contributed by atoms with E-state index in [0.29, 0.717) is 33.2 Å². The van der Waals surface area contributed by atoms with Gasteiger partial charge in [-0.15, -0.1) is 0 Å². The van der Waals surface area contributed by atoms with Crippen LogP contribution in [0.15, 0.2) is 72.8 Å². The molecule has 30 heavy (non-hydrogen) atoms. The lowest BCUT2D eigenvalue weighted by atomic mass is 9.95. The highest BCUT2D eigenvalue weighted by atomic mass is 35.5. The Morgan fingerprint density at radius 3 is 2.40 bits per heavy atom. The van der Waals surface area contributed by atoms with Crippen molar-refractivity contribution in [2.24, 2.45) is 0 Å². The molecule has 3 aromatic carbocycles. The van der Waals surface area contributed by atoms with Crippen LogP contribution in [0, 0.1) is 12.7 Å². The first-order valence-corrected chi connectivity index (χ1v) is 9.91. The molecule has 0 fully saturated rings. The smallest absolute Gasteiger partial charge is 0.277 e. The number of hydrogen-bond donors (Lipinski definition) is 1. The second-order valence-corrected chi connectivity index (χ2v) is 7.74. The summed E-state index contributed by atoms with van der Waals surface area (Å²) < 4.78 is 14.9. The monoisotopic (exact) mass is 417 g/mol. The summed E-state index contributed by atoms with van der Waals surface area (Å²) in [4.78, 5) is 15.0. The molecular formula is C24H17ClFN3O. The maximum Gasteiger partial charge on any atom is 0.277 e. The van der Waals surface area contributed by atoms with E-state index in [1.165, 1.54) is 6.07 Å². The van der Waals surface area contributed by atoms with Gasteiger partial charge in [0.05, 0.1) is 11.7 Å². The van der Waals surface area contributed by atoms with Crippen LogP contribution in [0.5, 0.6) is 0 Å². The fraction of sp³-hybridized carbons (Fsp3) is 0.0833. The number of aromatic nitrogens is 2. The van der Waals surface area contributed by atoms with Crippen LogP contribution >= 0.6 is 11.6 Å². The van der Waals surface area contributed by atoms with Gasteiger partial charge in [0.25, 0.3) is 5.91 Å². The molecule has 4 aromatic rings. The van der Waals surface area contributed by atoms with E-state index in [9.17, 15) is 9.18 Å². The number of H-pyrrole nitrogens is 1. The second-order valence-electron chi connectivity index (χ2n) is 7.30. The lowest BCUT2D eigenvalue weighted by Crippen LogP contribution is -2.29. The number of fused-ring (bicyclic) bond motifs is 1. The first-order chi connectivity index (χ1) is 14.5. The molecule has 0 aliphatic carbocycles. The highest BCUT2D eigenvalue weighted by molar-refractivity contribution is 6.30. The summed E-state index contributed by atoms with van der Waals surface area (Å²) >= 11 is 6.03. The zero-order valence-corrected chi connectivity index (χ0v) is 16.8. The Bertz CT molecular complexity index is 1250. The summed E-state index contributed by atoms with van der Waals surface area (Å²) in [6.45, 7) is 1.98. The molecule has 1 aliphatic heterocycles. The molecule has 0 bridgehead atoms. The van der Waals surface area contributed by atoms with Crippen molar-refractivity contribution >= 4 is 23.2 Å². The Morgan fingerprint density at radius 2 is 1.70 bits per heavy atom. The number of halogens is 2. The standard InChI is InChI=1S/C24H17ClFN3O/c1-14-6-12-17(13-7-14)29-23(18-4-2-3-5-19(18)26)20-21(27-28-22(20)24(29)30)15-8-10-16(25)11-9-15/h2-13,23H,1H3,(H,27,28)/t23-/m0/s1. The van der Waals surface area contributed by atoms with Gasteiger partial charge < -0.3 is 0 Å². The van der Waals surface area contributed by atoms with E-state index in [0.717, 1.165) is 11.1 Å². The number of aromatic amines is 1. The molecule has 5 rings (SSSR count). The Morgan fingerprint density at radius 1 is 1.00 bits per heavy atom. The predicted octanol–water partition coefficient (Wildman–Crippen LogP) is 5.93. The van der Waals surface area contributed by atoms with Gasteiger partial charge >= 0.3 is 0 Å². The number of benzene rings is 3. The van der Waals surface area contributed by atoms with Crippen LogP contribution in [0.4, 0.5) is 10.1 Å². The van der Waals surface area contributed by atoms with Crippen LogP contribution < -0.4 is 4.90 Å². The maximum absolute atomic E-state index is 14.9. The summed E-state index contributed by atoms with van der Waals surface area (Å²) in [5.74, 6) is -0.613. The average molecular weight is 418 g/mol. The van der Waals surface area contributed by atoms with Crippen molar-refractivity contribution in [2.45, 2.75) is 13.0 Å². The fourth-order valence-electron chi connectivity index (χ4n) is 3.94. The van der Waals surface area contributed by atoms with Crippen molar-refractivity contribution in [3.63, 3.8) is 0 Å². The third-order valence-electron chi connectivity index (χ3n) is 5.40. The molecule has 0 unspecified atom stereocenters. The predicted molar refractivity (Wildman–Crippen MR) is 115 cm³/mol. The molecule has 4 nitrogen and oxygen atoms in total. The Balaban J connectivity index is 1.74. The van der Waals surface area contributed by atoms with E-state index in [1.807, 2.05) is 43.3 Å². The summed E-state index contributed by atoms with van der Waals surface area (Å²) in [6, 6.07) is 20.7. The maximum atomic E-state index is 14.9. The third-order valence-corrected chi connectivity index (χ3v) is 5.65. The van der Waals surface area contributed by atoms with Crippen molar-refractivity contribution in [1.29, 1.82) is 0 Å². The van der Waals surface area contributed by atoms with E-state index < -0.39 is 6.04 Å². The van der Waals surface area contributed by atoms with Gasteiger partial charge in [-0.1, -0.05) is 59.6 Å². The lowest BCUT2D eigenvalue weighted by Gasteiger charge is -2.27. The Hall–Kier alpha value is -3.44. The number of carbonyl (C=O) groups excluding carboxylic acids is 1. The SMILES string of the molecule is Cc1ccc(N2C(=O)c3[nH]nc(-c4ccc(Cl)cc4)c3[C@@H]2c2ccccc2F)cc1. The van der Waals surface area contributed by atoms with Gasteiger partial charge in [0.15, 0.2) is 0 Å². The number of rotatable bonds is 3. The summed E-state index contributed by atoms with van der Waals surface area (Å²) in [5, 5.41) is 7.89. The van der Waals surface area contributed by atoms with Crippen molar-refractivity contribution < 1.29 is 9.18 Å². The summed E-state index contributed by atoms with van der Waals surface area (Å²) in [6.07, 6.45) is 0. The van der Waals surface area contributed by atoms with Gasteiger partial charge in [0, 0.05) is 27.4 Å². The molecule has 1 aliphatic rings. The number of anilines is 1.